The first-order valence-corrected chi connectivity index (χ1v) is 6.77. The number of hydrogen-bond donors (Lipinski definition) is 3. The Morgan fingerprint density at radius 1 is 1.59 bits per heavy atom. The van der Waals surface area contributed by atoms with E-state index in [1.807, 2.05) is 6.92 Å². The number of aliphatic hydroxyl groups excluding tert-OH is 1. The van der Waals surface area contributed by atoms with Crippen LogP contribution in [0.3, 0.4) is 0 Å². The molecule has 0 aromatic carbocycles. The lowest BCUT2D eigenvalue weighted by Crippen LogP contribution is -2.52. The van der Waals surface area contributed by atoms with E-state index in [1.54, 1.807) is 0 Å². The Hall–Kier alpha value is -0.610. The van der Waals surface area contributed by atoms with Crippen LogP contribution in [0.1, 0.15) is 46.0 Å². The molecular formula is C13H26N2O2. The summed E-state index contributed by atoms with van der Waals surface area (Å²) in [6, 6.07) is 0.0585. The number of rotatable bonds is 6. The van der Waals surface area contributed by atoms with E-state index in [1.165, 1.54) is 0 Å². The van der Waals surface area contributed by atoms with Crippen molar-refractivity contribution < 1.29 is 9.90 Å². The standard InChI is InChI=1S/C13H26N2O2/c1-3-6-13(7-4-8-14-10-13)12(17)15-11(2)5-9-16/h11,14,16H,3-10H2,1-2H3,(H,15,17). The van der Waals surface area contributed by atoms with Crippen molar-refractivity contribution in [3.05, 3.63) is 0 Å². The maximum Gasteiger partial charge on any atom is 0.227 e. The second-order valence-corrected chi connectivity index (χ2v) is 5.20. The molecule has 0 radical (unpaired) electrons. The van der Waals surface area contributed by atoms with Gasteiger partial charge in [0, 0.05) is 19.2 Å². The molecule has 0 spiro atoms. The summed E-state index contributed by atoms with van der Waals surface area (Å²) in [5, 5.41) is 15.2. The minimum Gasteiger partial charge on any atom is -0.396 e. The molecule has 4 heteroatoms. The van der Waals surface area contributed by atoms with Gasteiger partial charge in [-0.2, -0.15) is 0 Å². The summed E-state index contributed by atoms with van der Waals surface area (Å²) in [5.74, 6) is 0.160. The van der Waals surface area contributed by atoms with Crippen molar-refractivity contribution in [2.45, 2.75) is 52.0 Å². The third kappa shape index (κ3) is 3.96. The third-order valence-corrected chi connectivity index (χ3v) is 3.62. The fraction of sp³-hybridized carbons (Fsp3) is 0.923. The summed E-state index contributed by atoms with van der Waals surface area (Å²) in [7, 11) is 0. The molecule has 1 aliphatic heterocycles. The second-order valence-electron chi connectivity index (χ2n) is 5.20. The molecule has 1 saturated heterocycles. The van der Waals surface area contributed by atoms with Gasteiger partial charge in [0.1, 0.15) is 0 Å². The maximum atomic E-state index is 12.4. The van der Waals surface area contributed by atoms with Crippen LogP contribution < -0.4 is 10.6 Å². The van der Waals surface area contributed by atoms with E-state index in [0.717, 1.165) is 38.8 Å². The van der Waals surface area contributed by atoms with Gasteiger partial charge in [-0.3, -0.25) is 4.79 Å². The first-order valence-electron chi connectivity index (χ1n) is 6.77. The zero-order chi connectivity index (χ0) is 12.7. The second kappa shape index (κ2) is 6.97. The topological polar surface area (TPSA) is 61.4 Å². The van der Waals surface area contributed by atoms with Crippen molar-refractivity contribution in [1.82, 2.24) is 10.6 Å². The molecule has 2 atom stereocenters. The normalized spacial score (nSPS) is 26.5. The van der Waals surface area contributed by atoms with Crippen molar-refractivity contribution in [3.63, 3.8) is 0 Å². The van der Waals surface area contributed by atoms with Gasteiger partial charge < -0.3 is 15.7 Å². The maximum absolute atomic E-state index is 12.4. The fourth-order valence-electron chi connectivity index (χ4n) is 2.61. The molecule has 2 unspecified atom stereocenters. The molecule has 0 aromatic heterocycles. The molecule has 17 heavy (non-hydrogen) atoms. The Labute approximate surface area is 104 Å². The zero-order valence-corrected chi connectivity index (χ0v) is 11.1. The van der Waals surface area contributed by atoms with Gasteiger partial charge in [0.05, 0.1) is 5.41 Å². The fourth-order valence-corrected chi connectivity index (χ4v) is 2.61. The van der Waals surface area contributed by atoms with E-state index in [0.29, 0.717) is 6.42 Å². The van der Waals surface area contributed by atoms with Gasteiger partial charge in [-0.1, -0.05) is 13.3 Å². The van der Waals surface area contributed by atoms with Crippen molar-refractivity contribution in [1.29, 1.82) is 0 Å². The minimum absolute atomic E-state index is 0.0585. The first kappa shape index (κ1) is 14.5. The first-order chi connectivity index (χ1) is 8.14. The molecule has 1 rings (SSSR count). The lowest BCUT2D eigenvalue weighted by molar-refractivity contribution is -0.133. The van der Waals surface area contributed by atoms with Crippen LogP contribution in [-0.4, -0.2) is 36.8 Å². The lowest BCUT2D eigenvalue weighted by atomic mass is 9.76. The van der Waals surface area contributed by atoms with Gasteiger partial charge in [0.25, 0.3) is 0 Å². The number of hydrogen-bond acceptors (Lipinski definition) is 3. The molecular weight excluding hydrogens is 216 g/mol. The summed E-state index contributed by atoms with van der Waals surface area (Å²) in [6.07, 6.45) is 4.65. The summed E-state index contributed by atoms with van der Waals surface area (Å²) >= 11 is 0. The molecule has 1 amide bonds. The van der Waals surface area contributed by atoms with Crippen LogP contribution in [0.25, 0.3) is 0 Å². The van der Waals surface area contributed by atoms with E-state index in [-0.39, 0.29) is 24.0 Å². The van der Waals surface area contributed by atoms with Crippen molar-refractivity contribution in [3.8, 4) is 0 Å². The van der Waals surface area contributed by atoms with Crippen LogP contribution in [0.15, 0.2) is 0 Å². The molecule has 0 saturated carbocycles. The number of piperidine rings is 1. The Morgan fingerprint density at radius 3 is 2.88 bits per heavy atom. The van der Waals surface area contributed by atoms with E-state index in [9.17, 15) is 4.79 Å². The van der Waals surface area contributed by atoms with E-state index >= 15 is 0 Å². The Bertz CT molecular complexity index is 232. The highest BCUT2D eigenvalue weighted by Crippen LogP contribution is 2.32. The molecule has 0 bridgehead atoms. The average Bonchev–Trinajstić information content (AvgIpc) is 2.30. The van der Waals surface area contributed by atoms with Gasteiger partial charge in [-0.25, -0.2) is 0 Å². The van der Waals surface area contributed by atoms with Crippen LogP contribution in [0.5, 0.6) is 0 Å². The molecule has 0 aromatic rings. The molecule has 1 fully saturated rings. The van der Waals surface area contributed by atoms with Gasteiger partial charge in [0.15, 0.2) is 0 Å². The van der Waals surface area contributed by atoms with E-state index in [4.69, 9.17) is 5.11 Å². The summed E-state index contributed by atoms with van der Waals surface area (Å²) in [6.45, 7) is 6.01. The number of aliphatic hydroxyl groups is 1. The Balaban J connectivity index is 2.59. The highest BCUT2D eigenvalue weighted by molar-refractivity contribution is 5.83. The molecule has 1 heterocycles. The van der Waals surface area contributed by atoms with Crippen LogP contribution in [0, 0.1) is 5.41 Å². The van der Waals surface area contributed by atoms with Gasteiger partial charge >= 0.3 is 0 Å². The number of carbonyl (C=O) groups excluding carboxylic acids is 1. The highest BCUT2D eigenvalue weighted by atomic mass is 16.3. The quantitative estimate of drug-likeness (QED) is 0.652. The molecule has 1 aliphatic rings. The summed E-state index contributed by atoms with van der Waals surface area (Å²) in [5.41, 5.74) is -0.225. The van der Waals surface area contributed by atoms with Crippen LogP contribution in [-0.2, 0) is 4.79 Å². The molecule has 0 aliphatic carbocycles. The summed E-state index contributed by atoms with van der Waals surface area (Å²) in [4.78, 5) is 12.4. The smallest absolute Gasteiger partial charge is 0.227 e. The predicted molar refractivity (Wildman–Crippen MR) is 68.8 cm³/mol. The number of nitrogens with one attached hydrogen (secondary N) is 2. The SMILES string of the molecule is CCCC1(C(=O)NC(C)CCO)CCCNC1. The van der Waals surface area contributed by atoms with E-state index < -0.39 is 0 Å². The molecule has 4 nitrogen and oxygen atoms in total. The van der Waals surface area contributed by atoms with Crippen molar-refractivity contribution in [2.24, 2.45) is 5.41 Å². The molecule has 3 N–H and O–H groups in total. The lowest BCUT2D eigenvalue weighted by Gasteiger charge is -2.37. The molecule has 100 valence electrons. The average molecular weight is 242 g/mol. The minimum atomic E-state index is -0.225. The Kier molecular flexibility index (Phi) is 5.92. The van der Waals surface area contributed by atoms with Crippen LogP contribution in [0.4, 0.5) is 0 Å². The van der Waals surface area contributed by atoms with Crippen LogP contribution in [0.2, 0.25) is 0 Å². The third-order valence-electron chi connectivity index (χ3n) is 3.62. The largest absolute Gasteiger partial charge is 0.396 e. The predicted octanol–water partition coefficient (Wildman–Crippen LogP) is 1.04. The van der Waals surface area contributed by atoms with Gasteiger partial charge in [0.2, 0.25) is 5.91 Å². The van der Waals surface area contributed by atoms with Crippen molar-refractivity contribution in [2.75, 3.05) is 19.7 Å². The van der Waals surface area contributed by atoms with Crippen molar-refractivity contribution >= 4 is 5.91 Å². The zero-order valence-electron chi connectivity index (χ0n) is 11.1. The van der Waals surface area contributed by atoms with Crippen LogP contribution >= 0.6 is 0 Å². The van der Waals surface area contributed by atoms with E-state index in [2.05, 4.69) is 17.6 Å². The number of amides is 1. The Morgan fingerprint density at radius 2 is 2.35 bits per heavy atom. The van der Waals surface area contributed by atoms with Gasteiger partial charge in [-0.05, 0) is 39.2 Å². The summed E-state index contributed by atoms with van der Waals surface area (Å²) < 4.78 is 0. The highest BCUT2D eigenvalue weighted by Gasteiger charge is 2.38. The number of carbonyl (C=O) groups is 1. The monoisotopic (exact) mass is 242 g/mol. The van der Waals surface area contributed by atoms with Gasteiger partial charge in [-0.15, -0.1) is 0 Å².